The lowest BCUT2D eigenvalue weighted by Crippen LogP contribution is -2.49. The number of aryl methyl sites for hydroxylation is 1. The van der Waals surface area contributed by atoms with Crippen molar-refractivity contribution < 1.29 is 9.90 Å². The van der Waals surface area contributed by atoms with Crippen molar-refractivity contribution in [3.05, 3.63) is 64.8 Å². The van der Waals surface area contributed by atoms with E-state index in [2.05, 4.69) is 16.0 Å². The summed E-state index contributed by atoms with van der Waals surface area (Å²) in [5, 5.41) is 11.7. The Morgan fingerprint density at radius 3 is 2.63 bits per heavy atom. The average molecular weight is 384 g/mol. The van der Waals surface area contributed by atoms with Crippen molar-refractivity contribution in [2.45, 2.75) is 13.0 Å². The van der Waals surface area contributed by atoms with E-state index in [-0.39, 0.29) is 0 Å². The van der Waals surface area contributed by atoms with Gasteiger partial charge in [-0.1, -0.05) is 29.3 Å². The molecule has 27 heavy (non-hydrogen) atoms. The smallest absolute Gasteiger partial charge is 0.325 e. The number of hydrogen-bond donors (Lipinski definition) is 2. The highest BCUT2D eigenvalue weighted by Gasteiger charge is 2.32. The molecule has 1 unspecified atom stereocenters. The number of carbonyl (C=O) groups is 1. The molecule has 2 heterocycles. The van der Waals surface area contributed by atoms with Crippen LogP contribution < -0.4 is 4.90 Å². The van der Waals surface area contributed by atoms with Crippen molar-refractivity contribution >= 4 is 34.2 Å². The number of rotatable bonds is 4. The maximum absolute atomic E-state index is 12.1. The molecule has 5 nitrogen and oxygen atoms in total. The standard InChI is InChI=1S/C21H22ClN3O2/c1-14-5-6-19-17(11-14)18(13-23-19)20(21(26)27)25-9-7-24(8-10-25)16-4-2-3-15(22)12-16/h2-6,11-13,20,23H,7-10H2,1H3,(H,26,27). The van der Waals surface area contributed by atoms with Crippen LogP contribution in [0.15, 0.2) is 48.7 Å². The van der Waals surface area contributed by atoms with Crippen LogP contribution in [0.1, 0.15) is 17.2 Å². The van der Waals surface area contributed by atoms with Gasteiger partial charge < -0.3 is 15.0 Å². The quantitative estimate of drug-likeness (QED) is 0.712. The number of carboxylic acid groups (broad SMARTS) is 1. The number of H-pyrrole nitrogens is 1. The highest BCUT2D eigenvalue weighted by Crippen LogP contribution is 2.31. The molecule has 0 spiro atoms. The predicted molar refractivity (Wildman–Crippen MR) is 109 cm³/mol. The summed E-state index contributed by atoms with van der Waals surface area (Å²) in [6, 6.07) is 13.2. The minimum absolute atomic E-state index is 0.651. The molecular formula is C21H22ClN3O2. The van der Waals surface area contributed by atoms with Crippen molar-refractivity contribution in [3.63, 3.8) is 0 Å². The molecule has 1 saturated heterocycles. The number of aromatic nitrogens is 1. The predicted octanol–water partition coefficient (Wildman–Crippen LogP) is 4.08. The fourth-order valence-electron chi connectivity index (χ4n) is 3.88. The number of benzene rings is 2. The lowest BCUT2D eigenvalue weighted by Gasteiger charge is -2.38. The Balaban J connectivity index is 1.57. The lowest BCUT2D eigenvalue weighted by atomic mass is 10.0. The third-order valence-corrected chi connectivity index (χ3v) is 5.49. The first kappa shape index (κ1) is 17.9. The van der Waals surface area contributed by atoms with Crippen LogP contribution in [-0.2, 0) is 4.79 Å². The third kappa shape index (κ3) is 3.53. The SMILES string of the molecule is Cc1ccc2[nH]cc(C(C(=O)O)N3CCN(c4cccc(Cl)c4)CC3)c2c1. The second-order valence-electron chi connectivity index (χ2n) is 7.04. The summed E-state index contributed by atoms with van der Waals surface area (Å²) in [5.41, 5.74) is 4.01. The molecule has 0 amide bonds. The Hall–Kier alpha value is -2.50. The molecule has 1 aliphatic rings. The molecule has 0 aliphatic carbocycles. The average Bonchev–Trinajstić information content (AvgIpc) is 3.05. The largest absolute Gasteiger partial charge is 0.480 e. The molecule has 2 N–H and O–H groups in total. The lowest BCUT2D eigenvalue weighted by molar-refractivity contribution is -0.143. The van der Waals surface area contributed by atoms with Crippen LogP contribution >= 0.6 is 11.6 Å². The van der Waals surface area contributed by atoms with E-state index in [1.54, 1.807) is 0 Å². The number of hydrogen-bond acceptors (Lipinski definition) is 3. The van der Waals surface area contributed by atoms with Gasteiger partial charge in [0.05, 0.1) is 0 Å². The molecule has 1 aromatic heterocycles. The number of piperazine rings is 1. The summed E-state index contributed by atoms with van der Waals surface area (Å²) in [4.78, 5) is 19.7. The monoisotopic (exact) mass is 383 g/mol. The number of halogens is 1. The van der Waals surface area contributed by atoms with Crippen molar-refractivity contribution in [3.8, 4) is 0 Å². The van der Waals surface area contributed by atoms with E-state index in [4.69, 9.17) is 11.6 Å². The topological polar surface area (TPSA) is 59.6 Å². The first-order valence-electron chi connectivity index (χ1n) is 9.08. The Kier molecular flexibility index (Phi) is 4.81. The summed E-state index contributed by atoms with van der Waals surface area (Å²) in [7, 11) is 0. The zero-order chi connectivity index (χ0) is 19.0. The molecule has 4 rings (SSSR count). The molecule has 0 radical (unpaired) electrons. The van der Waals surface area contributed by atoms with Gasteiger partial charge in [-0.3, -0.25) is 9.69 Å². The minimum atomic E-state index is -0.811. The Labute approximate surface area is 163 Å². The summed E-state index contributed by atoms with van der Waals surface area (Å²) >= 11 is 6.10. The van der Waals surface area contributed by atoms with Gasteiger partial charge in [0, 0.05) is 59.6 Å². The van der Waals surface area contributed by atoms with Gasteiger partial charge in [0.2, 0.25) is 0 Å². The van der Waals surface area contributed by atoms with Crippen molar-refractivity contribution in [1.82, 2.24) is 9.88 Å². The van der Waals surface area contributed by atoms with Gasteiger partial charge in [0.15, 0.2) is 0 Å². The third-order valence-electron chi connectivity index (χ3n) is 5.25. The van der Waals surface area contributed by atoms with Crippen LogP contribution in [0.5, 0.6) is 0 Å². The molecular weight excluding hydrogens is 362 g/mol. The van der Waals surface area contributed by atoms with Gasteiger partial charge in [-0.15, -0.1) is 0 Å². The Morgan fingerprint density at radius 2 is 1.93 bits per heavy atom. The number of aliphatic carboxylic acids is 1. The summed E-state index contributed by atoms with van der Waals surface area (Å²) < 4.78 is 0. The minimum Gasteiger partial charge on any atom is -0.480 e. The first-order valence-corrected chi connectivity index (χ1v) is 9.46. The second-order valence-corrected chi connectivity index (χ2v) is 7.47. The normalized spacial score (nSPS) is 16.6. The summed E-state index contributed by atoms with van der Waals surface area (Å²) in [5.74, 6) is -0.811. The van der Waals surface area contributed by atoms with Gasteiger partial charge in [-0.25, -0.2) is 0 Å². The summed E-state index contributed by atoms with van der Waals surface area (Å²) in [6.07, 6.45) is 1.84. The molecule has 1 atom stereocenters. The van der Waals surface area contributed by atoms with Crippen LogP contribution in [-0.4, -0.2) is 47.1 Å². The summed E-state index contributed by atoms with van der Waals surface area (Å²) in [6.45, 7) is 4.93. The molecule has 140 valence electrons. The van der Waals surface area contributed by atoms with E-state index < -0.39 is 12.0 Å². The van der Waals surface area contributed by atoms with E-state index in [0.717, 1.165) is 40.8 Å². The van der Waals surface area contributed by atoms with Crippen molar-refractivity contribution in [1.29, 1.82) is 0 Å². The number of anilines is 1. The van der Waals surface area contributed by atoms with E-state index in [0.29, 0.717) is 18.1 Å². The molecule has 0 bridgehead atoms. The van der Waals surface area contributed by atoms with Crippen molar-refractivity contribution in [2.75, 3.05) is 31.1 Å². The van der Waals surface area contributed by atoms with E-state index in [1.165, 1.54) is 0 Å². The molecule has 1 aliphatic heterocycles. The van der Waals surface area contributed by atoms with Crippen LogP contribution in [0.3, 0.4) is 0 Å². The van der Waals surface area contributed by atoms with Crippen LogP contribution in [0.4, 0.5) is 5.69 Å². The number of carboxylic acids is 1. The van der Waals surface area contributed by atoms with Crippen LogP contribution in [0, 0.1) is 6.92 Å². The van der Waals surface area contributed by atoms with Crippen LogP contribution in [0.25, 0.3) is 10.9 Å². The zero-order valence-corrected chi connectivity index (χ0v) is 15.9. The fraction of sp³-hybridized carbons (Fsp3) is 0.286. The number of nitrogens with zero attached hydrogens (tertiary/aromatic N) is 2. The molecule has 0 saturated carbocycles. The molecule has 1 fully saturated rings. The molecule has 2 aromatic carbocycles. The highest BCUT2D eigenvalue weighted by molar-refractivity contribution is 6.30. The number of nitrogens with one attached hydrogen (secondary N) is 1. The Morgan fingerprint density at radius 1 is 1.15 bits per heavy atom. The Bertz CT molecular complexity index is 976. The molecule has 6 heteroatoms. The van der Waals surface area contributed by atoms with E-state index in [1.807, 2.05) is 54.4 Å². The zero-order valence-electron chi connectivity index (χ0n) is 15.2. The number of fused-ring (bicyclic) bond motifs is 1. The maximum Gasteiger partial charge on any atom is 0.325 e. The van der Waals surface area contributed by atoms with Gasteiger partial charge in [-0.05, 0) is 37.3 Å². The van der Waals surface area contributed by atoms with Gasteiger partial charge in [-0.2, -0.15) is 0 Å². The highest BCUT2D eigenvalue weighted by atomic mass is 35.5. The molecule has 3 aromatic rings. The van der Waals surface area contributed by atoms with E-state index >= 15 is 0 Å². The van der Waals surface area contributed by atoms with E-state index in [9.17, 15) is 9.90 Å². The van der Waals surface area contributed by atoms with Crippen molar-refractivity contribution in [2.24, 2.45) is 0 Å². The maximum atomic E-state index is 12.1. The van der Waals surface area contributed by atoms with Gasteiger partial charge in [0.1, 0.15) is 6.04 Å². The number of aromatic amines is 1. The van der Waals surface area contributed by atoms with Gasteiger partial charge >= 0.3 is 5.97 Å². The van der Waals surface area contributed by atoms with Gasteiger partial charge in [0.25, 0.3) is 0 Å². The van der Waals surface area contributed by atoms with Crippen LogP contribution in [0.2, 0.25) is 5.02 Å². The fourth-order valence-corrected chi connectivity index (χ4v) is 4.06. The first-order chi connectivity index (χ1) is 13.0. The second kappa shape index (κ2) is 7.25.